The molecular formula is C12H18O4. The maximum absolute atomic E-state index is 10.8. The molecule has 3 atom stereocenters. The molecule has 0 spiro atoms. The second-order valence-corrected chi connectivity index (χ2v) is 4.12. The Morgan fingerprint density at radius 1 is 0.875 bits per heavy atom. The van der Waals surface area contributed by atoms with Gasteiger partial charge in [0, 0.05) is 24.2 Å². The predicted molar refractivity (Wildman–Crippen MR) is 58.9 cm³/mol. The third kappa shape index (κ3) is 6.22. The van der Waals surface area contributed by atoms with Gasteiger partial charge in [-0.05, 0) is 19.3 Å². The van der Waals surface area contributed by atoms with Gasteiger partial charge in [0.05, 0.1) is 0 Å². The van der Waals surface area contributed by atoms with Crippen molar-refractivity contribution in [2.45, 2.75) is 32.6 Å². The normalized spacial score (nSPS) is 15.8. The number of carbonyl (C=O) groups is 4. The van der Waals surface area contributed by atoms with Crippen molar-refractivity contribution in [3.05, 3.63) is 0 Å². The van der Waals surface area contributed by atoms with E-state index in [0.29, 0.717) is 25.7 Å². The van der Waals surface area contributed by atoms with Crippen LogP contribution >= 0.6 is 0 Å². The van der Waals surface area contributed by atoms with Gasteiger partial charge in [-0.25, -0.2) is 0 Å². The van der Waals surface area contributed by atoms with Crippen molar-refractivity contribution in [1.82, 2.24) is 0 Å². The average Bonchev–Trinajstić information content (AvgIpc) is 2.32. The van der Waals surface area contributed by atoms with Crippen LogP contribution in [-0.4, -0.2) is 25.1 Å². The topological polar surface area (TPSA) is 68.3 Å². The molecule has 0 aliphatic rings. The van der Waals surface area contributed by atoms with Gasteiger partial charge in [-0.2, -0.15) is 0 Å². The Morgan fingerprint density at radius 2 is 1.50 bits per heavy atom. The average molecular weight is 226 g/mol. The Balaban J connectivity index is 4.15. The molecule has 0 bridgehead atoms. The summed E-state index contributed by atoms with van der Waals surface area (Å²) in [6.07, 6.45) is 4.85. The van der Waals surface area contributed by atoms with Crippen molar-refractivity contribution < 1.29 is 19.2 Å². The highest BCUT2D eigenvalue weighted by Gasteiger charge is 2.17. The Kier molecular flexibility index (Phi) is 8.21. The minimum atomic E-state index is -0.276. The quantitative estimate of drug-likeness (QED) is 0.525. The van der Waals surface area contributed by atoms with E-state index in [1.165, 1.54) is 0 Å². The highest BCUT2D eigenvalue weighted by atomic mass is 16.1. The van der Waals surface area contributed by atoms with Crippen molar-refractivity contribution in [2.75, 3.05) is 0 Å². The van der Waals surface area contributed by atoms with E-state index in [2.05, 4.69) is 0 Å². The molecule has 0 aromatic carbocycles. The summed E-state index contributed by atoms with van der Waals surface area (Å²) in [5.74, 6) is -0.713. The number of carbonyl (C=O) groups excluding carboxylic acids is 4. The lowest BCUT2D eigenvalue weighted by Crippen LogP contribution is -2.15. The van der Waals surface area contributed by atoms with E-state index in [9.17, 15) is 19.2 Å². The summed E-state index contributed by atoms with van der Waals surface area (Å²) in [4.78, 5) is 42.1. The second kappa shape index (κ2) is 8.95. The SMILES string of the molecule is CC(C=O)CC(C=O)CC(C=O)CCC=O. The molecule has 0 saturated heterocycles. The number of rotatable bonds is 10. The van der Waals surface area contributed by atoms with Gasteiger partial charge in [0.15, 0.2) is 0 Å². The van der Waals surface area contributed by atoms with E-state index in [4.69, 9.17) is 0 Å². The summed E-state index contributed by atoms with van der Waals surface area (Å²) >= 11 is 0. The van der Waals surface area contributed by atoms with Gasteiger partial charge in [-0.1, -0.05) is 6.92 Å². The molecule has 16 heavy (non-hydrogen) atoms. The minimum absolute atomic E-state index is 0.173. The Morgan fingerprint density at radius 3 is 1.94 bits per heavy atom. The van der Waals surface area contributed by atoms with Crippen LogP contribution in [0.5, 0.6) is 0 Å². The fourth-order valence-corrected chi connectivity index (χ4v) is 1.65. The van der Waals surface area contributed by atoms with Gasteiger partial charge < -0.3 is 19.2 Å². The third-order valence-corrected chi connectivity index (χ3v) is 2.55. The van der Waals surface area contributed by atoms with Crippen LogP contribution in [0, 0.1) is 17.8 Å². The fourth-order valence-electron chi connectivity index (χ4n) is 1.65. The molecule has 0 aliphatic carbocycles. The smallest absolute Gasteiger partial charge is 0.123 e. The molecule has 4 nitrogen and oxygen atoms in total. The van der Waals surface area contributed by atoms with E-state index < -0.39 is 0 Å². The van der Waals surface area contributed by atoms with Gasteiger partial charge >= 0.3 is 0 Å². The van der Waals surface area contributed by atoms with Crippen molar-refractivity contribution in [3.63, 3.8) is 0 Å². The zero-order valence-electron chi connectivity index (χ0n) is 9.50. The van der Waals surface area contributed by atoms with E-state index in [1.54, 1.807) is 6.92 Å². The van der Waals surface area contributed by atoms with Crippen LogP contribution in [0.15, 0.2) is 0 Å². The summed E-state index contributed by atoms with van der Waals surface area (Å²) in [7, 11) is 0. The largest absolute Gasteiger partial charge is 0.303 e. The summed E-state index contributed by atoms with van der Waals surface area (Å²) in [5, 5.41) is 0. The van der Waals surface area contributed by atoms with Crippen molar-refractivity contribution >= 4 is 25.1 Å². The first-order valence-electron chi connectivity index (χ1n) is 5.47. The van der Waals surface area contributed by atoms with E-state index in [0.717, 1.165) is 25.1 Å². The molecule has 0 aliphatic heterocycles. The minimum Gasteiger partial charge on any atom is -0.303 e. The highest BCUT2D eigenvalue weighted by molar-refractivity contribution is 5.60. The summed E-state index contributed by atoms with van der Waals surface area (Å²) in [6.45, 7) is 1.74. The highest BCUT2D eigenvalue weighted by Crippen LogP contribution is 2.19. The van der Waals surface area contributed by atoms with Crippen molar-refractivity contribution in [1.29, 1.82) is 0 Å². The molecule has 0 radical (unpaired) electrons. The van der Waals surface area contributed by atoms with Crippen molar-refractivity contribution in [3.8, 4) is 0 Å². The standard InChI is InChI=1S/C12H18O4/c1-10(7-14)5-12(9-16)6-11(8-15)3-2-4-13/h4,7-12H,2-3,5-6H2,1H3. The summed E-state index contributed by atoms with van der Waals surface area (Å²) in [5.41, 5.74) is 0. The maximum Gasteiger partial charge on any atom is 0.123 e. The molecular weight excluding hydrogens is 208 g/mol. The Labute approximate surface area is 95.4 Å². The fraction of sp³-hybridized carbons (Fsp3) is 0.667. The van der Waals surface area contributed by atoms with Crippen LogP contribution in [0.25, 0.3) is 0 Å². The number of hydrogen-bond acceptors (Lipinski definition) is 4. The van der Waals surface area contributed by atoms with Crippen LogP contribution in [0.2, 0.25) is 0 Å². The van der Waals surface area contributed by atoms with Crippen LogP contribution in [0.3, 0.4) is 0 Å². The molecule has 0 saturated carbocycles. The van der Waals surface area contributed by atoms with Gasteiger partial charge in [0.25, 0.3) is 0 Å². The Hall–Kier alpha value is -1.32. The molecule has 0 aromatic rings. The molecule has 3 unspecified atom stereocenters. The zero-order valence-corrected chi connectivity index (χ0v) is 9.50. The molecule has 90 valence electrons. The van der Waals surface area contributed by atoms with Gasteiger partial charge in [-0.15, -0.1) is 0 Å². The van der Waals surface area contributed by atoms with Crippen LogP contribution in [0.1, 0.15) is 32.6 Å². The molecule has 0 amide bonds. The third-order valence-electron chi connectivity index (χ3n) is 2.55. The molecule has 0 rings (SSSR count). The lowest BCUT2D eigenvalue weighted by atomic mass is 9.87. The number of hydrogen-bond donors (Lipinski definition) is 0. The van der Waals surface area contributed by atoms with E-state index >= 15 is 0 Å². The summed E-state index contributed by atoms with van der Waals surface area (Å²) in [6, 6.07) is 0. The molecule has 0 fully saturated rings. The number of aldehydes is 4. The predicted octanol–water partition coefficient (Wildman–Crippen LogP) is 1.21. The first-order valence-corrected chi connectivity index (χ1v) is 5.47. The molecule has 0 N–H and O–H groups in total. The van der Waals surface area contributed by atoms with Gasteiger partial charge in [0.1, 0.15) is 25.1 Å². The van der Waals surface area contributed by atoms with Gasteiger partial charge in [-0.3, -0.25) is 0 Å². The molecule has 0 heterocycles. The summed E-state index contributed by atoms with van der Waals surface area (Å²) < 4.78 is 0. The lowest BCUT2D eigenvalue weighted by molar-refractivity contribution is -0.115. The van der Waals surface area contributed by atoms with Crippen molar-refractivity contribution in [2.24, 2.45) is 17.8 Å². The zero-order chi connectivity index (χ0) is 12.4. The first-order chi connectivity index (χ1) is 7.67. The van der Waals surface area contributed by atoms with Crippen LogP contribution < -0.4 is 0 Å². The first kappa shape index (κ1) is 14.7. The van der Waals surface area contributed by atoms with Gasteiger partial charge in [0.2, 0.25) is 0 Å². The van der Waals surface area contributed by atoms with E-state index in [1.807, 2.05) is 0 Å². The molecule has 4 heteroatoms. The second-order valence-electron chi connectivity index (χ2n) is 4.12. The van der Waals surface area contributed by atoms with E-state index in [-0.39, 0.29) is 17.8 Å². The maximum atomic E-state index is 10.8. The lowest BCUT2D eigenvalue weighted by Gasteiger charge is -2.15. The monoisotopic (exact) mass is 226 g/mol. The van der Waals surface area contributed by atoms with Crippen LogP contribution in [0.4, 0.5) is 0 Å². The Bertz CT molecular complexity index is 237. The molecule has 0 aromatic heterocycles. The van der Waals surface area contributed by atoms with Crippen LogP contribution in [-0.2, 0) is 19.2 Å².